The molecule has 1 aliphatic rings. The minimum absolute atomic E-state index is 0.210. The zero-order valence-corrected chi connectivity index (χ0v) is 15.3. The zero-order chi connectivity index (χ0) is 18.6. The third kappa shape index (κ3) is 4.03. The van der Waals surface area contributed by atoms with Crippen LogP contribution in [-0.2, 0) is 10.0 Å². The molecule has 1 N–H and O–H groups in total. The summed E-state index contributed by atoms with van der Waals surface area (Å²) in [6, 6.07) is 9.31. The smallest absolute Gasteiger partial charge is 0.255 e. The number of carbonyl (C=O) groups excluding carboxylic acids is 1. The summed E-state index contributed by atoms with van der Waals surface area (Å²) >= 11 is 0. The van der Waals surface area contributed by atoms with Crippen molar-refractivity contribution in [3.63, 3.8) is 0 Å². The number of pyridine rings is 1. The van der Waals surface area contributed by atoms with E-state index in [1.807, 2.05) is 0 Å². The minimum Gasteiger partial charge on any atom is -0.481 e. The van der Waals surface area contributed by atoms with E-state index in [4.69, 9.17) is 4.74 Å². The summed E-state index contributed by atoms with van der Waals surface area (Å²) in [6.45, 7) is 1.10. The zero-order valence-electron chi connectivity index (χ0n) is 14.5. The van der Waals surface area contributed by atoms with Gasteiger partial charge in [0.05, 0.1) is 23.9 Å². The molecule has 0 unspecified atom stereocenters. The highest BCUT2D eigenvalue weighted by atomic mass is 32.2. The van der Waals surface area contributed by atoms with Crippen LogP contribution in [0.25, 0.3) is 0 Å². The number of nitrogens with one attached hydrogen (secondary N) is 1. The number of hydrogen-bond donors (Lipinski definition) is 1. The molecule has 1 saturated heterocycles. The van der Waals surface area contributed by atoms with E-state index in [2.05, 4.69) is 10.3 Å². The molecular weight excluding hydrogens is 354 g/mol. The fraction of sp³-hybridized carbons (Fsp3) is 0.333. The molecule has 0 aliphatic carbocycles. The van der Waals surface area contributed by atoms with Gasteiger partial charge in [0.25, 0.3) is 5.91 Å². The first-order valence-electron chi connectivity index (χ1n) is 8.42. The van der Waals surface area contributed by atoms with Crippen LogP contribution in [0.4, 0.5) is 5.69 Å². The van der Waals surface area contributed by atoms with Crippen molar-refractivity contribution in [2.45, 2.75) is 24.2 Å². The van der Waals surface area contributed by atoms with Crippen LogP contribution in [0.2, 0.25) is 0 Å². The molecule has 138 valence electrons. The van der Waals surface area contributed by atoms with Crippen molar-refractivity contribution in [1.82, 2.24) is 9.29 Å². The quantitative estimate of drug-likeness (QED) is 0.867. The van der Waals surface area contributed by atoms with E-state index in [0.29, 0.717) is 30.2 Å². The highest BCUT2D eigenvalue weighted by Crippen LogP contribution is 2.21. The molecule has 1 aromatic carbocycles. The van der Waals surface area contributed by atoms with Crippen molar-refractivity contribution < 1.29 is 17.9 Å². The number of rotatable bonds is 5. The van der Waals surface area contributed by atoms with Crippen LogP contribution in [0.5, 0.6) is 5.88 Å². The summed E-state index contributed by atoms with van der Waals surface area (Å²) in [5.41, 5.74) is 0.902. The lowest BCUT2D eigenvalue weighted by molar-refractivity contribution is 0.102. The molecule has 7 nitrogen and oxygen atoms in total. The van der Waals surface area contributed by atoms with E-state index < -0.39 is 10.0 Å². The predicted molar refractivity (Wildman–Crippen MR) is 97.8 cm³/mol. The molecule has 0 saturated carbocycles. The average molecular weight is 375 g/mol. The number of sulfonamides is 1. The summed E-state index contributed by atoms with van der Waals surface area (Å²) in [7, 11) is -1.98. The van der Waals surface area contributed by atoms with Crippen LogP contribution >= 0.6 is 0 Å². The van der Waals surface area contributed by atoms with E-state index in [-0.39, 0.29) is 10.8 Å². The van der Waals surface area contributed by atoms with Crippen LogP contribution < -0.4 is 10.1 Å². The first-order valence-corrected chi connectivity index (χ1v) is 9.86. The van der Waals surface area contributed by atoms with Crippen LogP contribution in [0.3, 0.4) is 0 Å². The normalized spacial score (nSPS) is 15.4. The SMILES string of the molecule is COc1ccc(NC(=O)c2ccc(S(=O)(=O)N3CCCCC3)cc2)cn1. The third-order valence-corrected chi connectivity index (χ3v) is 6.19. The van der Waals surface area contributed by atoms with Gasteiger partial charge < -0.3 is 10.1 Å². The van der Waals surface area contributed by atoms with Crippen molar-refractivity contribution >= 4 is 21.6 Å². The van der Waals surface area contributed by atoms with Crippen molar-refractivity contribution in [2.75, 3.05) is 25.5 Å². The Hall–Kier alpha value is -2.45. The van der Waals surface area contributed by atoms with Gasteiger partial charge >= 0.3 is 0 Å². The average Bonchev–Trinajstić information content (AvgIpc) is 2.69. The minimum atomic E-state index is -3.49. The first kappa shape index (κ1) is 18.3. The number of amides is 1. The Bertz CT molecular complexity index is 858. The highest BCUT2D eigenvalue weighted by molar-refractivity contribution is 7.89. The van der Waals surface area contributed by atoms with Gasteiger partial charge in [-0.05, 0) is 43.2 Å². The Morgan fingerprint density at radius 2 is 1.77 bits per heavy atom. The molecule has 8 heteroatoms. The monoisotopic (exact) mass is 375 g/mol. The Morgan fingerprint density at radius 3 is 2.35 bits per heavy atom. The van der Waals surface area contributed by atoms with Crippen LogP contribution in [0.1, 0.15) is 29.6 Å². The number of methoxy groups -OCH3 is 1. The fourth-order valence-corrected chi connectivity index (χ4v) is 4.33. The molecule has 2 heterocycles. The Kier molecular flexibility index (Phi) is 5.53. The number of anilines is 1. The molecule has 1 aromatic heterocycles. The van der Waals surface area contributed by atoms with Gasteiger partial charge in [0.15, 0.2) is 0 Å². The largest absolute Gasteiger partial charge is 0.481 e. The van der Waals surface area contributed by atoms with E-state index in [1.165, 1.54) is 41.9 Å². The molecule has 0 spiro atoms. The lowest BCUT2D eigenvalue weighted by Gasteiger charge is -2.25. The number of nitrogens with zero attached hydrogens (tertiary/aromatic N) is 2. The van der Waals surface area contributed by atoms with Crippen LogP contribution in [0, 0.1) is 0 Å². The summed E-state index contributed by atoms with van der Waals surface area (Å²) in [5.74, 6) is 0.120. The van der Waals surface area contributed by atoms with Crippen LogP contribution in [0.15, 0.2) is 47.5 Å². The van der Waals surface area contributed by atoms with Crippen molar-refractivity contribution in [1.29, 1.82) is 0 Å². The maximum atomic E-state index is 12.6. The summed E-state index contributed by atoms with van der Waals surface area (Å²) in [5, 5.41) is 2.71. The van der Waals surface area contributed by atoms with Gasteiger partial charge in [-0.1, -0.05) is 6.42 Å². The Morgan fingerprint density at radius 1 is 1.08 bits per heavy atom. The van der Waals surface area contributed by atoms with Crippen molar-refractivity contribution in [3.8, 4) is 5.88 Å². The number of ether oxygens (including phenoxy) is 1. The molecule has 1 fully saturated rings. The molecule has 1 aliphatic heterocycles. The van der Waals surface area contributed by atoms with Gasteiger partial charge in [0.2, 0.25) is 15.9 Å². The number of piperidine rings is 1. The molecule has 26 heavy (non-hydrogen) atoms. The van der Waals surface area contributed by atoms with Gasteiger partial charge in [0, 0.05) is 24.7 Å². The van der Waals surface area contributed by atoms with E-state index in [0.717, 1.165) is 19.3 Å². The van der Waals surface area contributed by atoms with E-state index in [9.17, 15) is 13.2 Å². The summed E-state index contributed by atoms with van der Waals surface area (Å²) in [6.07, 6.45) is 4.32. The maximum absolute atomic E-state index is 12.6. The molecule has 0 bridgehead atoms. The van der Waals surface area contributed by atoms with Gasteiger partial charge in [-0.3, -0.25) is 4.79 Å². The molecule has 3 rings (SSSR count). The van der Waals surface area contributed by atoms with Gasteiger partial charge in [0.1, 0.15) is 0 Å². The summed E-state index contributed by atoms with van der Waals surface area (Å²) in [4.78, 5) is 16.5. The second-order valence-corrected chi connectivity index (χ2v) is 7.97. The van der Waals surface area contributed by atoms with Crippen molar-refractivity contribution in [2.24, 2.45) is 0 Å². The molecule has 0 atom stereocenters. The fourth-order valence-electron chi connectivity index (χ4n) is 2.81. The Labute approximate surface area is 153 Å². The predicted octanol–water partition coefficient (Wildman–Crippen LogP) is 2.52. The maximum Gasteiger partial charge on any atom is 0.255 e. The van der Waals surface area contributed by atoms with Crippen molar-refractivity contribution in [3.05, 3.63) is 48.2 Å². The van der Waals surface area contributed by atoms with Crippen LogP contribution in [-0.4, -0.2) is 43.8 Å². The lowest BCUT2D eigenvalue weighted by Crippen LogP contribution is -2.35. The standard InChI is InChI=1S/C18H21N3O4S/c1-25-17-10-7-15(13-19-17)20-18(22)14-5-8-16(9-6-14)26(23,24)21-11-3-2-4-12-21/h5-10,13H,2-4,11-12H2,1H3,(H,20,22). The summed E-state index contributed by atoms with van der Waals surface area (Å²) < 4.78 is 31.7. The Balaban J connectivity index is 1.70. The van der Waals surface area contributed by atoms with Gasteiger partial charge in [-0.25, -0.2) is 13.4 Å². The second-order valence-electron chi connectivity index (χ2n) is 6.03. The lowest BCUT2D eigenvalue weighted by atomic mass is 10.2. The molecule has 2 aromatic rings. The number of carbonyl (C=O) groups is 1. The van der Waals surface area contributed by atoms with E-state index in [1.54, 1.807) is 12.1 Å². The third-order valence-electron chi connectivity index (χ3n) is 4.27. The number of hydrogen-bond acceptors (Lipinski definition) is 5. The number of benzene rings is 1. The molecular formula is C18H21N3O4S. The number of aromatic nitrogens is 1. The van der Waals surface area contributed by atoms with Gasteiger partial charge in [-0.2, -0.15) is 4.31 Å². The first-order chi connectivity index (χ1) is 12.5. The molecule has 1 amide bonds. The molecule has 0 radical (unpaired) electrons. The second kappa shape index (κ2) is 7.84. The van der Waals surface area contributed by atoms with E-state index >= 15 is 0 Å². The van der Waals surface area contributed by atoms with Gasteiger partial charge in [-0.15, -0.1) is 0 Å². The topological polar surface area (TPSA) is 88.6 Å². The highest BCUT2D eigenvalue weighted by Gasteiger charge is 2.25.